The largest absolute Gasteiger partial charge is 0.478 e. The van der Waals surface area contributed by atoms with E-state index in [0.717, 1.165) is 36.9 Å². The SMILES string of the molecule is CCCCC(C)NC(=O)N1CCc2ccc(C(=O)O)cc21. The van der Waals surface area contributed by atoms with Gasteiger partial charge in [0.15, 0.2) is 0 Å². The van der Waals surface area contributed by atoms with Crippen LogP contribution in [0.5, 0.6) is 0 Å². The first-order chi connectivity index (χ1) is 10.0. The van der Waals surface area contributed by atoms with Gasteiger partial charge in [0.1, 0.15) is 0 Å². The van der Waals surface area contributed by atoms with Crippen LogP contribution in [0, 0.1) is 0 Å². The number of nitrogens with one attached hydrogen (secondary N) is 1. The monoisotopic (exact) mass is 290 g/mol. The van der Waals surface area contributed by atoms with E-state index < -0.39 is 5.97 Å². The fraction of sp³-hybridized carbons (Fsp3) is 0.500. The molecule has 5 nitrogen and oxygen atoms in total. The number of amides is 2. The number of hydrogen-bond donors (Lipinski definition) is 2. The average molecular weight is 290 g/mol. The molecule has 1 atom stereocenters. The van der Waals surface area contributed by atoms with Gasteiger partial charge < -0.3 is 10.4 Å². The summed E-state index contributed by atoms with van der Waals surface area (Å²) in [6, 6.07) is 4.96. The van der Waals surface area contributed by atoms with E-state index in [4.69, 9.17) is 5.11 Å². The Balaban J connectivity index is 2.08. The van der Waals surface area contributed by atoms with E-state index in [2.05, 4.69) is 12.2 Å². The van der Waals surface area contributed by atoms with Crippen LogP contribution in [-0.2, 0) is 6.42 Å². The zero-order valence-electron chi connectivity index (χ0n) is 12.6. The molecule has 1 aliphatic rings. The van der Waals surface area contributed by atoms with Gasteiger partial charge in [-0.05, 0) is 37.5 Å². The number of benzene rings is 1. The summed E-state index contributed by atoms with van der Waals surface area (Å²) in [4.78, 5) is 25.0. The van der Waals surface area contributed by atoms with Crippen molar-refractivity contribution in [2.24, 2.45) is 0 Å². The predicted octanol–water partition coefficient (Wildman–Crippen LogP) is 3.04. The molecule has 0 saturated heterocycles. The minimum absolute atomic E-state index is 0.129. The van der Waals surface area contributed by atoms with Gasteiger partial charge in [0.2, 0.25) is 0 Å². The zero-order valence-corrected chi connectivity index (χ0v) is 12.6. The highest BCUT2D eigenvalue weighted by Gasteiger charge is 2.26. The maximum Gasteiger partial charge on any atom is 0.335 e. The molecule has 0 aliphatic carbocycles. The molecule has 1 heterocycles. The van der Waals surface area contributed by atoms with Crippen LogP contribution in [0.1, 0.15) is 49.0 Å². The highest BCUT2D eigenvalue weighted by atomic mass is 16.4. The molecule has 21 heavy (non-hydrogen) atoms. The first-order valence-electron chi connectivity index (χ1n) is 7.47. The molecule has 2 rings (SSSR count). The Morgan fingerprint density at radius 2 is 2.19 bits per heavy atom. The molecule has 0 fully saturated rings. The van der Waals surface area contributed by atoms with Gasteiger partial charge in [-0.2, -0.15) is 0 Å². The van der Waals surface area contributed by atoms with E-state index in [1.165, 1.54) is 0 Å². The summed E-state index contributed by atoms with van der Waals surface area (Å²) in [5, 5.41) is 12.1. The Morgan fingerprint density at radius 1 is 1.43 bits per heavy atom. The van der Waals surface area contributed by atoms with Crippen LogP contribution < -0.4 is 10.2 Å². The third-order valence-electron chi connectivity index (χ3n) is 3.83. The van der Waals surface area contributed by atoms with Gasteiger partial charge in [0.05, 0.1) is 5.56 Å². The first kappa shape index (κ1) is 15.4. The fourth-order valence-electron chi connectivity index (χ4n) is 2.59. The normalized spacial score (nSPS) is 14.7. The Labute approximate surface area is 125 Å². The lowest BCUT2D eigenvalue weighted by atomic mass is 10.1. The number of carbonyl (C=O) groups is 2. The van der Waals surface area contributed by atoms with E-state index >= 15 is 0 Å². The average Bonchev–Trinajstić information content (AvgIpc) is 2.87. The smallest absolute Gasteiger partial charge is 0.335 e. The van der Waals surface area contributed by atoms with Crippen molar-refractivity contribution in [3.05, 3.63) is 29.3 Å². The molecule has 1 unspecified atom stereocenters. The van der Waals surface area contributed by atoms with Gasteiger partial charge in [-0.3, -0.25) is 4.90 Å². The van der Waals surface area contributed by atoms with Crippen LogP contribution >= 0.6 is 0 Å². The molecular formula is C16H22N2O3. The van der Waals surface area contributed by atoms with E-state index in [1.54, 1.807) is 23.1 Å². The lowest BCUT2D eigenvalue weighted by Crippen LogP contribution is -2.43. The van der Waals surface area contributed by atoms with Gasteiger partial charge >= 0.3 is 12.0 Å². The third kappa shape index (κ3) is 3.54. The van der Waals surface area contributed by atoms with Crippen molar-refractivity contribution in [2.75, 3.05) is 11.4 Å². The number of hydrogen-bond acceptors (Lipinski definition) is 2. The lowest BCUT2D eigenvalue weighted by molar-refractivity contribution is 0.0697. The molecule has 1 aromatic carbocycles. The van der Waals surface area contributed by atoms with Crippen LogP contribution in [0.4, 0.5) is 10.5 Å². The molecule has 2 amide bonds. The molecular weight excluding hydrogens is 268 g/mol. The number of nitrogens with zero attached hydrogens (tertiary/aromatic N) is 1. The van der Waals surface area contributed by atoms with E-state index in [-0.39, 0.29) is 17.6 Å². The molecule has 0 radical (unpaired) electrons. The Kier molecular flexibility index (Phi) is 4.83. The summed E-state index contributed by atoms with van der Waals surface area (Å²) in [6.07, 6.45) is 3.92. The van der Waals surface area contributed by atoms with Crippen molar-refractivity contribution in [1.29, 1.82) is 0 Å². The summed E-state index contributed by atoms with van der Waals surface area (Å²) in [5.41, 5.74) is 1.96. The molecule has 1 aliphatic heterocycles. The number of carboxylic acid groups (broad SMARTS) is 1. The number of urea groups is 1. The van der Waals surface area contributed by atoms with Crippen molar-refractivity contribution in [1.82, 2.24) is 5.32 Å². The molecule has 2 N–H and O–H groups in total. The minimum atomic E-state index is -0.971. The van der Waals surface area contributed by atoms with E-state index in [0.29, 0.717) is 6.54 Å². The van der Waals surface area contributed by atoms with Crippen LogP contribution in [0.2, 0.25) is 0 Å². The first-order valence-corrected chi connectivity index (χ1v) is 7.47. The Hall–Kier alpha value is -2.04. The minimum Gasteiger partial charge on any atom is -0.478 e. The molecule has 5 heteroatoms. The van der Waals surface area contributed by atoms with Crippen LogP contribution in [0.15, 0.2) is 18.2 Å². The number of unbranched alkanes of at least 4 members (excludes halogenated alkanes) is 1. The van der Waals surface area contributed by atoms with Crippen molar-refractivity contribution in [3.8, 4) is 0 Å². The molecule has 1 aromatic rings. The van der Waals surface area contributed by atoms with Gasteiger partial charge in [-0.15, -0.1) is 0 Å². The maximum atomic E-state index is 12.3. The lowest BCUT2D eigenvalue weighted by Gasteiger charge is -2.21. The summed E-state index contributed by atoms with van der Waals surface area (Å²) >= 11 is 0. The van der Waals surface area contributed by atoms with Crippen LogP contribution in [0.25, 0.3) is 0 Å². The molecule has 0 saturated carbocycles. The summed E-state index contributed by atoms with van der Waals surface area (Å²) in [7, 11) is 0. The molecule has 0 spiro atoms. The number of carbonyl (C=O) groups excluding carboxylic acids is 1. The van der Waals surface area contributed by atoms with Gasteiger partial charge in [0, 0.05) is 18.3 Å². The van der Waals surface area contributed by atoms with E-state index in [1.807, 2.05) is 6.92 Å². The molecule has 114 valence electrons. The number of carboxylic acids is 1. The van der Waals surface area contributed by atoms with E-state index in [9.17, 15) is 9.59 Å². The van der Waals surface area contributed by atoms with Crippen molar-refractivity contribution >= 4 is 17.7 Å². The predicted molar refractivity (Wildman–Crippen MR) is 82.0 cm³/mol. The third-order valence-corrected chi connectivity index (χ3v) is 3.83. The number of fused-ring (bicyclic) bond motifs is 1. The van der Waals surface area contributed by atoms with Crippen LogP contribution in [-0.4, -0.2) is 29.7 Å². The number of anilines is 1. The summed E-state index contributed by atoms with van der Waals surface area (Å²) in [6.45, 7) is 4.72. The van der Waals surface area contributed by atoms with Crippen molar-refractivity contribution in [2.45, 2.75) is 45.6 Å². The summed E-state index contributed by atoms with van der Waals surface area (Å²) in [5.74, 6) is -0.971. The standard InChI is InChI=1S/C16H22N2O3/c1-3-4-5-11(2)17-16(21)18-9-8-12-6-7-13(15(19)20)10-14(12)18/h6-7,10-11H,3-5,8-9H2,1-2H3,(H,17,21)(H,19,20). The summed E-state index contributed by atoms with van der Waals surface area (Å²) < 4.78 is 0. The van der Waals surface area contributed by atoms with Crippen LogP contribution in [0.3, 0.4) is 0 Å². The Morgan fingerprint density at radius 3 is 2.86 bits per heavy atom. The second-order valence-electron chi connectivity index (χ2n) is 5.54. The fourth-order valence-corrected chi connectivity index (χ4v) is 2.59. The highest BCUT2D eigenvalue weighted by Crippen LogP contribution is 2.29. The van der Waals surface area contributed by atoms with Gasteiger partial charge in [-0.25, -0.2) is 9.59 Å². The van der Waals surface area contributed by atoms with Gasteiger partial charge in [0.25, 0.3) is 0 Å². The topological polar surface area (TPSA) is 69.6 Å². The molecule has 0 bridgehead atoms. The highest BCUT2D eigenvalue weighted by molar-refractivity contribution is 5.97. The second kappa shape index (κ2) is 6.61. The zero-order chi connectivity index (χ0) is 15.4. The quantitative estimate of drug-likeness (QED) is 0.875. The maximum absolute atomic E-state index is 12.3. The molecule has 0 aromatic heterocycles. The second-order valence-corrected chi connectivity index (χ2v) is 5.54. The number of rotatable bonds is 5. The number of aromatic carboxylic acids is 1. The Bertz CT molecular complexity index is 542. The van der Waals surface area contributed by atoms with Crippen molar-refractivity contribution < 1.29 is 14.7 Å². The van der Waals surface area contributed by atoms with Gasteiger partial charge in [-0.1, -0.05) is 25.8 Å². The van der Waals surface area contributed by atoms with Crippen molar-refractivity contribution in [3.63, 3.8) is 0 Å².